The van der Waals surface area contributed by atoms with Crippen LogP contribution >= 0.6 is 0 Å². The van der Waals surface area contributed by atoms with Crippen LogP contribution in [0.2, 0.25) is 0 Å². The third kappa shape index (κ3) is 2.60. The third-order valence-electron chi connectivity index (χ3n) is 2.33. The molecule has 0 unspecified atom stereocenters. The Kier molecular flexibility index (Phi) is 3.05. The average Bonchev–Trinajstić information content (AvgIpc) is 2.30. The Hall–Kier alpha value is -2.36. The first-order valence-corrected chi connectivity index (χ1v) is 5.22. The van der Waals surface area contributed by atoms with Gasteiger partial charge in [-0.15, -0.1) is 10.2 Å². The summed E-state index contributed by atoms with van der Waals surface area (Å²) < 4.78 is 0. The minimum Gasteiger partial charge on any atom is -0.506 e. The number of para-hydroxylation sites is 1. The lowest BCUT2D eigenvalue weighted by molar-refractivity contribution is 0.476. The van der Waals surface area contributed by atoms with Crippen molar-refractivity contribution in [2.75, 3.05) is 5.73 Å². The molecular formula is C13H13N3O. The Bertz CT molecular complexity index is 564. The molecule has 0 amide bonds. The fourth-order valence-corrected chi connectivity index (χ4v) is 1.40. The number of rotatable bonds is 2. The standard InChI is InChI=1S/C13H13N3O/c1-9-6-7-12(13(17)8-9)16-15-11-5-3-2-4-10(11)14/h2-8,17H,14H2,1H3. The molecule has 0 fully saturated rings. The van der Waals surface area contributed by atoms with E-state index >= 15 is 0 Å². The van der Waals surface area contributed by atoms with E-state index in [1.54, 1.807) is 24.3 Å². The van der Waals surface area contributed by atoms with Crippen molar-refractivity contribution in [1.82, 2.24) is 0 Å². The maximum atomic E-state index is 9.65. The molecule has 3 N–H and O–H groups in total. The van der Waals surface area contributed by atoms with E-state index in [9.17, 15) is 5.11 Å². The number of aromatic hydroxyl groups is 1. The van der Waals surface area contributed by atoms with Gasteiger partial charge in [-0.05, 0) is 36.8 Å². The smallest absolute Gasteiger partial charge is 0.143 e. The van der Waals surface area contributed by atoms with E-state index in [0.717, 1.165) is 5.56 Å². The van der Waals surface area contributed by atoms with Crippen molar-refractivity contribution in [1.29, 1.82) is 0 Å². The molecule has 4 nitrogen and oxygen atoms in total. The van der Waals surface area contributed by atoms with Gasteiger partial charge in [-0.2, -0.15) is 0 Å². The van der Waals surface area contributed by atoms with Crippen molar-refractivity contribution >= 4 is 17.1 Å². The lowest BCUT2D eigenvalue weighted by Crippen LogP contribution is -1.82. The van der Waals surface area contributed by atoms with Crippen LogP contribution in [-0.4, -0.2) is 5.11 Å². The topological polar surface area (TPSA) is 71.0 Å². The molecule has 0 aliphatic carbocycles. The van der Waals surface area contributed by atoms with Gasteiger partial charge in [-0.1, -0.05) is 18.2 Å². The highest BCUT2D eigenvalue weighted by atomic mass is 16.3. The summed E-state index contributed by atoms with van der Waals surface area (Å²) in [6.07, 6.45) is 0. The SMILES string of the molecule is Cc1ccc(N=Nc2ccccc2N)c(O)c1. The third-order valence-corrected chi connectivity index (χ3v) is 2.33. The van der Waals surface area contributed by atoms with E-state index in [0.29, 0.717) is 17.1 Å². The second-order valence-electron chi connectivity index (χ2n) is 3.75. The molecule has 0 spiro atoms. The number of hydrogen-bond acceptors (Lipinski definition) is 4. The number of nitrogens with zero attached hydrogens (tertiary/aromatic N) is 2. The van der Waals surface area contributed by atoms with Crippen LogP contribution < -0.4 is 5.73 Å². The number of anilines is 1. The van der Waals surface area contributed by atoms with E-state index in [1.165, 1.54) is 0 Å². The molecule has 2 rings (SSSR count). The minimum atomic E-state index is 0.114. The van der Waals surface area contributed by atoms with Gasteiger partial charge in [0.05, 0.1) is 5.69 Å². The number of aryl methyl sites for hydroxylation is 1. The van der Waals surface area contributed by atoms with E-state index < -0.39 is 0 Å². The molecule has 0 atom stereocenters. The number of azo groups is 1. The summed E-state index contributed by atoms with van der Waals surface area (Å²) in [6.45, 7) is 1.90. The number of hydrogen-bond donors (Lipinski definition) is 2. The fraction of sp³-hybridized carbons (Fsp3) is 0.0769. The van der Waals surface area contributed by atoms with Gasteiger partial charge in [0, 0.05) is 0 Å². The van der Waals surface area contributed by atoms with Crippen LogP contribution in [0.1, 0.15) is 5.56 Å². The van der Waals surface area contributed by atoms with Crippen LogP contribution in [0.15, 0.2) is 52.7 Å². The highest BCUT2D eigenvalue weighted by molar-refractivity contribution is 5.62. The monoisotopic (exact) mass is 227 g/mol. The molecule has 0 bridgehead atoms. The predicted octanol–water partition coefficient (Wildman–Crippen LogP) is 3.70. The molecule has 2 aromatic rings. The van der Waals surface area contributed by atoms with Crippen molar-refractivity contribution in [2.24, 2.45) is 10.2 Å². The zero-order chi connectivity index (χ0) is 12.3. The van der Waals surface area contributed by atoms with Crippen LogP contribution in [0.3, 0.4) is 0 Å². The number of nitrogen functional groups attached to an aromatic ring is 1. The summed E-state index contributed by atoms with van der Waals surface area (Å²) in [6, 6.07) is 12.4. The molecule has 86 valence electrons. The number of nitrogens with two attached hydrogens (primary N) is 1. The van der Waals surface area contributed by atoms with Gasteiger partial charge < -0.3 is 10.8 Å². The van der Waals surface area contributed by atoms with Crippen LogP contribution in [0.4, 0.5) is 17.1 Å². The largest absolute Gasteiger partial charge is 0.506 e. The van der Waals surface area contributed by atoms with E-state index in [1.807, 2.05) is 25.1 Å². The molecule has 2 aromatic carbocycles. The summed E-state index contributed by atoms with van der Waals surface area (Å²) in [5, 5.41) is 17.6. The Morgan fingerprint density at radius 2 is 1.71 bits per heavy atom. The lowest BCUT2D eigenvalue weighted by atomic mass is 10.2. The Morgan fingerprint density at radius 3 is 2.41 bits per heavy atom. The number of phenolic OH excluding ortho intramolecular Hbond substituents is 1. The summed E-state index contributed by atoms with van der Waals surface area (Å²) >= 11 is 0. The second-order valence-corrected chi connectivity index (χ2v) is 3.75. The first-order valence-electron chi connectivity index (χ1n) is 5.22. The molecule has 0 radical (unpaired) electrons. The number of benzene rings is 2. The highest BCUT2D eigenvalue weighted by Gasteiger charge is 2.00. The van der Waals surface area contributed by atoms with Crippen LogP contribution in [0.25, 0.3) is 0 Å². The van der Waals surface area contributed by atoms with E-state index in [4.69, 9.17) is 5.73 Å². The van der Waals surface area contributed by atoms with Gasteiger partial charge in [-0.3, -0.25) is 0 Å². The van der Waals surface area contributed by atoms with E-state index in [-0.39, 0.29) is 5.75 Å². The zero-order valence-electron chi connectivity index (χ0n) is 9.46. The van der Waals surface area contributed by atoms with Gasteiger partial charge in [0.1, 0.15) is 17.1 Å². The molecule has 17 heavy (non-hydrogen) atoms. The van der Waals surface area contributed by atoms with Gasteiger partial charge in [-0.25, -0.2) is 0 Å². The highest BCUT2D eigenvalue weighted by Crippen LogP contribution is 2.30. The molecule has 0 heterocycles. The van der Waals surface area contributed by atoms with Crippen molar-refractivity contribution in [3.63, 3.8) is 0 Å². The van der Waals surface area contributed by atoms with Crippen LogP contribution in [0, 0.1) is 6.92 Å². The summed E-state index contributed by atoms with van der Waals surface area (Å²) in [5.74, 6) is 0.114. The first kappa shape index (κ1) is 11.1. The van der Waals surface area contributed by atoms with Gasteiger partial charge >= 0.3 is 0 Å². The Balaban J connectivity index is 2.29. The van der Waals surface area contributed by atoms with Crippen molar-refractivity contribution in [3.8, 4) is 5.75 Å². The normalized spacial score (nSPS) is 10.9. The average molecular weight is 227 g/mol. The Morgan fingerprint density at radius 1 is 1.00 bits per heavy atom. The van der Waals surface area contributed by atoms with Crippen molar-refractivity contribution in [2.45, 2.75) is 6.92 Å². The van der Waals surface area contributed by atoms with Crippen molar-refractivity contribution < 1.29 is 5.11 Å². The zero-order valence-corrected chi connectivity index (χ0v) is 9.46. The molecule has 0 aromatic heterocycles. The van der Waals surface area contributed by atoms with E-state index in [2.05, 4.69) is 10.2 Å². The summed E-state index contributed by atoms with van der Waals surface area (Å²) in [7, 11) is 0. The Labute approximate surface area is 99.4 Å². The van der Waals surface area contributed by atoms with Crippen LogP contribution in [-0.2, 0) is 0 Å². The molecular weight excluding hydrogens is 214 g/mol. The molecule has 0 aliphatic rings. The molecule has 0 saturated carbocycles. The quantitative estimate of drug-likeness (QED) is 0.606. The van der Waals surface area contributed by atoms with Crippen LogP contribution in [0.5, 0.6) is 5.75 Å². The fourth-order valence-electron chi connectivity index (χ4n) is 1.40. The lowest BCUT2D eigenvalue weighted by Gasteiger charge is -2.00. The molecule has 4 heteroatoms. The molecule has 0 aliphatic heterocycles. The van der Waals surface area contributed by atoms with Gasteiger partial charge in [0.2, 0.25) is 0 Å². The maximum Gasteiger partial charge on any atom is 0.143 e. The summed E-state index contributed by atoms with van der Waals surface area (Å²) in [4.78, 5) is 0. The minimum absolute atomic E-state index is 0.114. The first-order chi connectivity index (χ1) is 8.16. The summed E-state index contributed by atoms with van der Waals surface area (Å²) in [5.41, 5.74) is 8.28. The second kappa shape index (κ2) is 4.65. The predicted molar refractivity (Wildman–Crippen MR) is 67.9 cm³/mol. The molecule has 0 saturated heterocycles. The number of phenols is 1. The maximum absolute atomic E-state index is 9.65. The van der Waals surface area contributed by atoms with Gasteiger partial charge in [0.15, 0.2) is 0 Å². The van der Waals surface area contributed by atoms with Crippen molar-refractivity contribution in [3.05, 3.63) is 48.0 Å². The van der Waals surface area contributed by atoms with Gasteiger partial charge in [0.25, 0.3) is 0 Å².